The van der Waals surface area contributed by atoms with Gasteiger partial charge in [0.15, 0.2) is 0 Å². The number of likely N-dealkylation sites (N-methyl/N-ethyl adjacent to an activating group) is 1. The normalized spacial score (nSPS) is 14.2. The molecule has 0 aliphatic rings. The van der Waals surface area contributed by atoms with Crippen LogP contribution >= 0.6 is 7.82 Å². The molecule has 0 fully saturated rings. The number of unbranched alkanes of at least 4 members (excludes halogenated alkanes) is 28. The summed E-state index contributed by atoms with van der Waals surface area (Å²) in [6.07, 6.45) is 61.9. The minimum atomic E-state index is -4.70. The highest BCUT2D eigenvalue weighted by Crippen LogP contribution is 2.38. The number of phosphoric ester groups is 1. The summed E-state index contributed by atoms with van der Waals surface area (Å²) in [5.74, 6) is -0.568. The molecule has 408 valence electrons. The quantitative estimate of drug-likeness (QED) is 0.0212. The number of allylic oxidation sites excluding steroid dienone is 9. The van der Waals surface area contributed by atoms with Crippen LogP contribution in [0.25, 0.3) is 0 Å². The van der Waals surface area contributed by atoms with Crippen LogP contribution in [0.1, 0.15) is 258 Å². The van der Waals surface area contributed by atoms with Crippen molar-refractivity contribution < 1.29 is 37.3 Å². The Hall–Kier alpha value is -2.29. The molecule has 1 N–H and O–H groups in total. The zero-order valence-electron chi connectivity index (χ0n) is 46.5. The van der Waals surface area contributed by atoms with E-state index in [2.05, 4.69) is 74.7 Å². The van der Waals surface area contributed by atoms with Gasteiger partial charge in [0, 0.05) is 12.8 Å². The average Bonchev–Trinajstić information content (AvgIpc) is 3.32. The molecule has 70 heavy (non-hydrogen) atoms. The Morgan fingerprint density at radius 1 is 0.514 bits per heavy atom. The molecular weight excluding hydrogens is 892 g/mol. The SMILES string of the molecule is CC/C=C/C/C=C/C/C=C/CCCCCCC(=O)NC(COP(=O)([O-])OCC[N+](C)(C)C)C(/C=C/CCCCCCCCCCC)OC(=O)CCCCCCCCCCC/C=C/CCCCCCCC. The largest absolute Gasteiger partial charge is 0.756 e. The number of carbonyl (C=O) groups excluding carboxylic acids is 2. The molecule has 1 amide bonds. The number of carbonyl (C=O) groups is 2. The van der Waals surface area contributed by atoms with E-state index in [1.54, 1.807) is 0 Å². The highest BCUT2D eigenvalue weighted by Gasteiger charge is 2.27. The fourth-order valence-corrected chi connectivity index (χ4v) is 8.90. The van der Waals surface area contributed by atoms with E-state index in [0.29, 0.717) is 17.4 Å². The van der Waals surface area contributed by atoms with Gasteiger partial charge in [-0.2, -0.15) is 0 Å². The lowest BCUT2D eigenvalue weighted by molar-refractivity contribution is -0.870. The topological polar surface area (TPSA) is 114 Å². The summed E-state index contributed by atoms with van der Waals surface area (Å²) in [6.45, 7) is 6.70. The lowest BCUT2D eigenvalue weighted by Gasteiger charge is -2.30. The fourth-order valence-electron chi connectivity index (χ4n) is 8.18. The molecule has 0 aliphatic heterocycles. The van der Waals surface area contributed by atoms with Crippen LogP contribution in [0.3, 0.4) is 0 Å². The Labute approximate surface area is 432 Å². The molecule has 0 spiro atoms. The predicted octanol–water partition coefficient (Wildman–Crippen LogP) is 16.9. The molecule has 0 radical (unpaired) electrons. The summed E-state index contributed by atoms with van der Waals surface area (Å²) in [7, 11) is 1.17. The van der Waals surface area contributed by atoms with Gasteiger partial charge in [-0.25, -0.2) is 0 Å². The number of hydrogen-bond acceptors (Lipinski definition) is 7. The highest BCUT2D eigenvalue weighted by atomic mass is 31.2. The lowest BCUT2D eigenvalue weighted by atomic mass is 10.0. The number of quaternary nitrogens is 1. The molecule has 0 saturated carbocycles. The van der Waals surface area contributed by atoms with Gasteiger partial charge in [0.25, 0.3) is 7.82 Å². The van der Waals surface area contributed by atoms with Crippen molar-refractivity contribution >= 4 is 19.7 Å². The summed E-state index contributed by atoms with van der Waals surface area (Å²) in [6, 6.07) is -0.900. The first kappa shape index (κ1) is 67.7. The predicted molar refractivity (Wildman–Crippen MR) is 298 cm³/mol. The molecule has 3 unspecified atom stereocenters. The van der Waals surface area contributed by atoms with Crippen molar-refractivity contribution in [1.29, 1.82) is 0 Å². The molecule has 3 atom stereocenters. The number of nitrogens with zero attached hydrogens (tertiary/aromatic N) is 1. The Morgan fingerprint density at radius 3 is 1.39 bits per heavy atom. The number of amides is 1. The van der Waals surface area contributed by atoms with Crippen LogP contribution in [0.15, 0.2) is 60.8 Å². The van der Waals surface area contributed by atoms with Crippen LogP contribution in [0.2, 0.25) is 0 Å². The van der Waals surface area contributed by atoms with Crippen molar-refractivity contribution in [3.63, 3.8) is 0 Å². The van der Waals surface area contributed by atoms with Crippen molar-refractivity contribution in [1.82, 2.24) is 5.32 Å². The van der Waals surface area contributed by atoms with Crippen LogP contribution in [0, 0.1) is 0 Å². The Morgan fingerprint density at radius 2 is 0.914 bits per heavy atom. The number of ether oxygens (including phenoxy) is 1. The maximum Gasteiger partial charge on any atom is 0.306 e. The zero-order chi connectivity index (χ0) is 51.5. The van der Waals surface area contributed by atoms with Gasteiger partial charge in [0.05, 0.1) is 33.8 Å². The van der Waals surface area contributed by atoms with E-state index in [9.17, 15) is 19.0 Å². The molecule has 0 heterocycles. The average molecular weight is 1000 g/mol. The molecule has 10 heteroatoms. The fraction of sp³-hybridized carbons (Fsp3) is 0.800. The monoisotopic (exact) mass is 1000 g/mol. The second-order valence-corrected chi connectivity index (χ2v) is 22.2. The molecular formula is C60H111N2O7P. The third kappa shape index (κ3) is 50.6. The van der Waals surface area contributed by atoms with Crippen LogP contribution in [-0.4, -0.2) is 69.4 Å². The molecule has 0 aromatic heterocycles. The summed E-state index contributed by atoms with van der Waals surface area (Å²) in [4.78, 5) is 39.8. The van der Waals surface area contributed by atoms with Gasteiger partial charge in [0.2, 0.25) is 5.91 Å². The minimum Gasteiger partial charge on any atom is -0.756 e. The maximum absolute atomic E-state index is 13.5. The Bertz CT molecular complexity index is 1390. The van der Waals surface area contributed by atoms with E-state index in [1.807, 2.05) is 33.3 Å². The summed E-state index contributed by atoms with van der Waals surface area (Å²) >= 11 is 0. The Kier molecular flexibility index (Phi) is 48.6. The zero-order valence-corrected chi connectivity index (χ0v) is 47.4. The molecule has 0 aliphatic carbocycles. The van der Waals surface area contributed by atoms with Gasteiger partial charge in [-0.05, 0) is 89.5 Å². The number of rotatable bonds is 52. The van der Waals surface area contributed by atoms with Gasteiger partial charge >= 0.3 is 5.97 Å². The van der Waals surface area contributed by atoms with Crippen LogP contribution in [0.5, 0.6) is 0 Å². The van der Waals surface area contributed by atoms with E-state index in [0.717, 1.165) is 83.5 Å². The van der Waals surface area contributed by atoms with Crippen molar-refractivity contribution in [2.45, 2.75) is 270 Å². The first-order chi connectivity index (χ1) is 33.9. The highest BCUT2D eigenvalue weighted by molar-refractivity contribution is 7.45. The van der Waals surface area contributed by atoms with E-state index in [-0.39, 0.29) is 31.3 Å². The molecule has 0 rings (SSSR count). The van der Waals surface area contributed by atoms with Crippen LogP contribution in [0.4, 0.5) is 0 Å². The number of hydrogen-bond donors (Lipinski definition) is 1. The third-order valence-electron chi connectivity index (χ3n) is 12.7. The summed E-state index contributed by atoms with van der Waals surface area (Å²) < 4.78 is 30.2. The van der Waals surface area contributed by atoms with Gasteiger partial charge in [-0.1, -0.05) is 217 Å². The Balaban J connectivity index is 5.29. The van der Waals surface area contributed by atoms with Crippen LogP contribution in [-0.2, 0) is 27.9 Å². The summed E-state index contributed by atoms with van der Waals surface area (Å²) in [5, 5.41) is 3.00. The van der Waals surface area contributed by atoms with Gasteiger partial charge in [0.1, 0.15) is 19.3 Å². The molecule has 0 saturated heterocycles. The van der Waals surface area contributed by atoms with Gasteiger partial charge in [-0.3, -0.25) is 14.2 Å². The number of esters is 1. The first-order valence-corrected chi connectivity index (χ1v) is 30.6. The molecule has 0 bridgehead atoms. The second-order valence-electron chi connectivity index (χ2n) is 20.8. The lowest BCUT2D eigenvalue weighted by Crippen LogP contribution is -2.47. The van der Waals surface area contributed by atoms with Gasteiger partial charge < -0.3 is 28.5 Å². The van der Waals surface area contributed by atoms with E-state index in [1.165, 1.54) is 135 Å². The number of nitrogens with one attached hydrogen (secondary N) is 1. The first-order valence-electron chi connectivity index (χ1n) is 29.1. The maximum atomic E-state index is 13.5. The van der Waals surface area contributed by atoms with Crippen molar-refractivity contribution in [3.8, 4) is 0 Å². The molecule has 0 aromatic rings. The van der Waals surface area contributed by atoms with Crippen LogP contribution < -0.4 is 10.2 Å². The van der Waals surface area contributed by atoms with Crippen molar-refractivity contribution in [3.05, 3.63) is 60.8 Å². The van der Waals surface area contributed by atoms with Gasteiger partial charge in [-0.15, -0.1) is 0 Å². The summed E-state index contributed by atoms with van der Waals surface area (Å²) in [5.41, 5.74) is 0. The standard InChI is InChI=1S/C60H111N2O7P/c1-7-10-13-16-19-22-25-27-29-30-31-32-33-35-38-41-44-47-50-53-60(64)69-58(51-48-45-42-39-36-24-21-18-15-12-9-3)57(56-68-70(65,66)67-55-54-62(4,5)6)61-59(63)52-49-46-43-40-37-34-28-26-23-20-17-14-11-8-2/h11,14,20,23,27-29,34,48,51,57-58H,7-10,12-13,15-19,21-22,24-26,30-33,35-47,49-50,52-56H2,1-6H3,(H-,61,63,65,66)/b14-11+,23-20+,29-27+,34-28+,51-48+. The molecule has 9 nitrogen and oxygen atoms in total. The second kappa shape index (κ2) is 50.3. The minimum absolute atomic E-state index is 0.0284. The third-order valence-corrected chi connectivity index (χ3v) is 13.6. The van der Waals surface area contributed by atoms with E-state index in [4.69, 9.17) is 13.8 Å². The van der Waals surface area contributed by atoms with E-state index >= 15 is 0 Å². The van der Waals surface area contributed by atoms with Crippen molar-refractivity contribution in [2.24, 2.45) is 0 Å². The van der Waals surface area contributed by atoms with E-state index < -0.39 is 26.6 Å². The smallest absolute Gasteiger partial charge is 0.306 e. The van der Waals surface area contributed by atoms with Crippen molar-refractivity contribution in [2.75, 3.05) is 40.9 Å². The number of phosphoric acid groups is 1. The molecule has 0 aromatic carbocycles.